The first-order valence-corrected chi connectivity index (χ1v) is 18.9. The molecule has 0 amide bonds. The molecule has 0 radical (unpaired) electrons. The van der Waals surface area contributed by atoms with Gasteiger partial charge in [-0.25, -0.2) is 18.4 Å². The van der Waals surface area contributed by atoms with Crippen molar-refractivity contribution in [3.8, 4) is 21.9 Å². The van der Waals surface area contributed by atoms with Crippen molar-refractivity contribution < 1.29 is 17.6 Å². The Morgan fingerprint density at radius 1 is 1.09 bits per heavy atom. The molecule has 0 saturated carbocycles. The number of nitrogens with zero attached hydrogens (tertiary/aromatic N) is 6. The zero-order valence-electron chi connectivity index (χ0n) is 26.7. The Morgan fingerprint density at radius 3 is 2.72 bits per heavy atom. The van der Waals surface area contributed by atoms with E-state index in [9.17, 15) is 8.42 Å². The summed E-state index contributed by atoms with van der Waals surface area (Å²) in [7, 11) is -3.67. The number of rotatable bonds is 8. The highest BCUT2D eigenvalue weighted by Crippen LogP contribution is 2.51. The molecule has 0 aromatic carbocycles. The van der Waals surface area contributed by atoms with E-state index in [-0.39, 0.29) is 34.4 Å². The highest BCUT2D eigenvalue weighted by atomic mass is 32.2. The van der Waals surface area contributed by atoms with Crippen LogP contribution in [0.15, 0.2) is 40.0 Å². The summed E-state index contributed by atoms with van der Waals surface area (Å²) in [5.41, 5.74) is 5.67. The molecule has 1 fully saturated rings. The molecular weight excluding hydrogens is 635 g/mol. The number of sulfone groups is 1. The number of pyridine rings is 2. The Labute approximate surface area is 277 Å². The minimum atomic E-state index is -3.67. The third-order valence-electron chi connectivity index (χ3n) is 9.83. The van der Waals surface area contributed by atoms with Crippen LogP contribution in [0.25, 0.3) is 32.1 Å². The molecule has 13 heteroatoms. The SMILES string of the molecule is Cc1nnc(-c2c(CCC3CCOCC3)nc3c(c2-c2cc4ncnc(N[C@H]5CCc6ncccc65)c4s2)S(=O)(=O)C[C@H]3C(C)C)o1. The number of nitrogens with one attached hydrogen (secondary N) is 1. The summed E-state index contributed by atoms with van der Waals surface area (Å²) < 4.78 is 40.8. The van der Waals surface area contributed by atoms with Crippen molar-refractivity contribution >= 4 is 37.2 Å². The van der Waals surface area contributed by atoms with Crippen LogP contribution in [0.2, 0.25) is 0 Å². The molecule has 0 unspecified atom stereocenters. The van der Waals surface area contributed by atoms with Crippen LogP contribution in [0.3, 0.4) is 0 Å². The standard InChI is InChI=1S/C34H37N7O4S2/c1-18(2)22-16-47(42,43)32-29(28(34-41-40-19(3)45-34)25(38-30(22)32)7-6-20-10-13-44-14-11-20)27-15-26-31(46-27)33(37-17-36-26)39-24-9-8-23-21(24)5-4-12-35-23/h4-5,12,15,17-18,20,22,24H,6-11,13-14,16H2,1-3H3,(H,36,37,39)/t22-,24-/m0/s1. The van der Waals surface area contributed by atoms with Gasteiger partial charge in [-0.3, -0.25) is 9.97 Å². The maximum absolute atomic E-state index is 14.1. The fraction of sp³-hybridized carbons (Fsp3) is 0.471. The molecular formula is C34H37N7O4S2. The van der Waals surface area contributed by atoms with E-state index in [4.69, 9.17) is 14.1 Å². The van der Waals surface area contributed by atoms with E-state index >= 15 is 0 Å². The van der Waals surface area contributed by atoms with Crippen molar-refractivity contribution in [1.29, 1.82) is 0 Å². The Bertz CT molecular complexity index is 2090. The lowest BCUT2D eigenvalue weighted by atomic mass is 9.89. The maximum Gasteiger partial charge on any atom is 0.250 e. The highest BCUT2D eigenvalue weighted by Gasteiger charge is 2.43. The molecule has 5 aromatic heterocycles. The van der Waals surface area contributed by atoms with Gasteiger partial charge in [-0.05, 0) is 68.1 Å². The molecule has 1 N–H and O–H groups in total. The number of aromatic nitrogens is 6. The smallest absolute Gasteiger partial charge is 0.250 e. The van der Waals surface area contributed by atoms with Crippen molar-refractivity contribution in [2.75, 3.05) is 24.3 Å². The van der Waals surface area contributed by atoms with Gasteiger partial charge in [0.15, 0.2) is 9.84 Å². The van der Waals surface area contributed by atoms with Gasteiger partial charge in [0, 0.05) is 48.4 Å². The average molecular weight is 672 g/mol. The number of ether oxygens (including phenoxy) is 1. The molecule has 3 aliphatic rings. The predicted octanol–water partition coefficient (Wildman–Crippen LogP) is 6.49. The van der Waals surface area contributed by atoms with Crippen molar-refractivity contribution in [3.05, 3.63) is 59.3 Å². The van der Waals surface area contributed by atoms with Gasteiger partial charge in [0.25, 0.3) is 0 Å². The summed E-state index contributed by atoms with van der Waals surface area (Å²) in [5.74, 6) is 1.83. The zero-order valence-corrected chi connectivity index (χ0v) is 28.3. The summed E-state index contributed by atoms with van der Waals surface area (Å²) >= 11 is 1.49. The van der Waals surface area contributed by atoms with Crippen LogP contribution in [-0.4, -0.2) is 57.5 Å². The van der Waals surface area contributed by atoms with Gasteiger partial charge < -0.3 is 14.5 Å². The number of aryl methyl sites for hydroxylation is 3. The Balaban J connectivity index is 1.31. The second-order valence-corrected chi connectivity index (χ2v) is 16.2. The van der Waals surface area contributed by atoms with Crippen LogP contribution in [0.5, 0.6) is 0 Å². The minimum absolute atomic E-state index is 0.0261. The van der Waals surface area contributed by atoms with Gasteiger partial charge >= 0.3 is 0 Å². The lowest BCUT2D eigenvalue weighted by molar-refractivity contribution is 0.0639. The Kier molecular flexibility index (Phi) is 7.80. The van der Waals surface area contributed by atoms with Crippen molar-refractivity contribution in [1.82, 2.24) is 30.1 Å². The predicted molar refractivity (Wildman–Crippen MR) is 179 cm³/mol. The van der Waals surface area contributed by atoms with E-state index in [0.29, 0.717) is 35.1 Å². The highest BCUT2D eigenvalue weighted by molar-refractivity contribution is 7.92. The molecule has 0 bridgehead atoms. The molecule has 5 aromatic rings. The molecule has 8 rings (SSSR count). The summed E-state index contributed by atoms with van der Waals surface area (Å²) in [5, 5.41) is 12.2. The van der Waals surface area contributed by atoms with Crippen molar-refractivity contribution in [3.63, 3.8) is 0 Å². The number of hydrogen-bond donors (Lipinski definition) is 1. The summed E-state index contributed by atoms with van der Waals surface area (Å²) in [6, 6.07) is 6.13. The molecule has 244 valence electrons. The summed E-state index contributed by atoms with van der Waals surface area (Å²) in [6.45, 7) is 7.40. The van der Waals surface area contributed by atoms with Gasteiger partial charge in [-0.15, -0.1) is 21.5 Å². The Hall–Kier alpha value is -3.81. The fourth-order valence-electron chi connectivity index (χ4n) is 7.34. The van der Waals surface area contributed by atoms with Gasteiger partial charge in [-0.2, -0.15) is 0 Å². The minimum Gasteiger partial charge on any atom is -0.421 e. The summed E-state index contributed by atoms with van der Waals surface area (Å²) in [6.07, 6.45) is 8.80. The van der Waals surface area contributed by atoms with Crippen molar-refractivity contribution in [2.45, 2.75) is 76.2 Å². The van der Waals surface area contributed by atoms with E-state index in [2.05, 4.69) is 50.4 Å². The lowest BCUT2D eigenvalue weighted by Crippen LogP contribution is -2.17. The maximum atomic E-state index is 14.1. The van der Waals surface area contributed by atoms with Crippen LogP contribution < -0.4 is 5.32 Å². The van der Waals surface area contributed by atoms with Gasteiger partial charge in [0.2, 0.25) is 11.8 Å². The van der Waals surface area contributed by atoms with Crippen LogP contribution in [0.1, 0.15) is 80.0 Å². The summed E-state index contributed by atoms with van der Waals surface area (Å²) in [4.78, 5) is 20.1. The second-order valence-electron chi connectivity index (χ2n) is 13.2. The van der Waals surface area contributed by atoms with E-state index in [1.807, 2.05) is 18.3 Å². The third kappa shape index (κ3) is 5.51. The molecule has 47 heavy (non-hydrogen) atoms. The monoisotopic (exact) mass is 671 g/mol. The topological polar surface area (TPSA) is 146 Å². The quantitative estimate of drug-likeness (QED) is 0.193. The fourth-order valence-corrected chi connectivity index (χ4v) is 10.7. The number of anilines is 1. The second kappa shape index (κ2) is 12.0. The molecule has 0 spiro atoms. The normalized spacial score (nSPS) is 20.6. The van der Waals surface area contributed by atoms with Crippen LogP contribution in [0.4, 0.5) is 5.82 Å². The first kappa shape index (κ1) is 30.5. The largest absolute Gasteiger partial charge is 0.421 e. The van der Waals surface area contributed by atoms with Gasteiger partial charge in [0.05, 0.1) is 43.9 Å². The first-order chi connectivity index (χ1) is 22.8. The first-order valence-electron chi connectivity index (χ1n) is 16.4. The lowest BCUT2D eigenvalue weighted by Gasteiger charge is -2.23. The van der Waals surface area contributed by atoms with E-state index < -0.39 is 9.84 Å². The Morgan fingerprint density at radius 2 is 1.94 bits per heavy atom. The molecule has 1 aliphatic carbocycles. The molecule has 11 nitrogen and oxygen atoms in total. The molecule has 2 atom stereocenters. The van der Waals surface area contributed by atoms with Crippen LogP contribution >= 0.6 is 11.3 Å². The number of thiophene rings is 1. The van der Waals surface area contributed by atoms with E-state index in [1.165, 1.54) is 16.9 Å². The number of hydrogen-bond acceptors (Lipinski definition) is 12. The number of fused-ring (bicyclic) bond motifs is 3. The molecule has 2 aliphatic heterocycles. The molecule has 7 heterocycles. The van der Waals surface area contributed by atoms with E-state index in [1.54, 1.807) is 13.3 Å². The average Bonchev–Trinajstić information content (AvgIpc) is 3.85. The third-order valence-corrected chi connectivity index (χ3v) is 12.8. The van der Waals surface area contributed by atoms with Gasteiger partial charge in [0.1, 0.15) is 12.1 Å². The molecule has 1 saturated heterocycles. The van der Waals surface area contributed by atoms with Crippen LogP contribution in [-0.2, 0) is 27.4 Å². The van der Waals surface area contributed by atoms with Crippen LogP contribution in [0, 0.1) is 18.8 Å². The zero-order chi connectivity index (χ0) is 32.3. The van der Waals surface area contributed by atoms with Crippen molar-refractivity contribution in [2.24, 2.45) is 11.8 Å². The van der Waals surface area contributed by atoms with Gasteiger partial charge in [-0.1, -0.05) is 19.9 Å². The van der Waals surface area contributed by atoms with E-state index in [0.717, 1.165) is 77.6 Å².